The molecule has 48 heavy (non-hydrogen) atoms. The second-order valence-corrected chi connectivity index (χ2v) is 13.8. The van der Waals surface area contributed by atoms with Crippen LogP contribution in [-0.2, 0) is 20.8 Å². The van der Waals surface area contributed by atoms with Crippen molar-refractivity contribution >= 4 is 34.5 Å². The molecule has 5 atom stereocenters. The van der Waals surface area contributed by atoms with Crippen molar-refractivity contribution in [2.75, 3.05) is 6.54 Å². The van der Waals surface area contributed by atoms with E-state index in [2.05, 4.69) is 34.8 Å². The van der Waals surface area contributed by atoms with Crippen molar-refractivity contribution in [3.8, 4) is 11.1 Å². The summed E-state index contributed by atoms with van der Waals surface area (Å²) in [5.41, 5.74) is 4.11. The molecule has 4 N–H and O–H groups in total. The van der Waals surface area contributed by atoms with Gasteiger partial charge in [0.15, 0.2) is 0 Å². The molecule has 3 heterocycles. The first kappa shape index (κ1) is 33.0. The maximum Gasteiger partial charge on any atom is 0.252 e. The molecule has 2 aliphatic rings. The second-order valence-electron chi connectivity index (χ2n) is 13.8. The normalized spacial score (nSPS) is 23.9. The van der Waals surface area contributed by atoms with E-state index < -0.39 is 18.1 Å². The van der Waals surface area contributed by atoms with Crippen LogP contribution in [0.2, 0.25) is 0 Å². The average Bonchev–Trinajstić information content (AvgIpc) is 3.70. The number of hydrogen-bond acceptors (Lipinski definition) is 4. The van der Waals surface area contributed by atoms with Crippen LogP contribution in [0.3, 0.4) is 0 Å². The number of H-pyrrole nitrogens is 1. The van der Waals surface area contributed by atoms with Crippen molar-refractivity contribution < 1.29 is 19.2 Å². The van der Waals surface area contributed by atoms with Gasteiger partial charge < -0.3 is 25.8 Å². The Morgan fingerprint density at radius 1 is 0.917 bits per heavy atom. The van der Waals surface area contributed by atoms with Gasteiger partial charge in [-0.25, -0.2) is 0 Å². The summed E-state index contributed by atoms with van der Waals surface area (Å²) in [5, 5.41) is 10.4. The van der Waals surface area contributed by atoms with Crippen LogP contribution in [0.1, 0.15) is 62.4 Å². The minimum Gasteiger partial charge on any atom is -0.361 e. The number of carbonyl (C=O) groups is 4. The third-order valence-electron chi connectivity index (χ3n) is 9.85. The molecule has 9 heteroatoms. The highest BCUT2D eigenvalue weighted by molar-refractivity contribution is 6.01. The second kappa shape index (κ2) is 14.5. The van der Waals surface area contributed by atoms with E-state index in [4.69, 9.17) is 0 Å². The van der Waals surface area contributed by atoms with Gasteiger partial charge in [-0.2, -0.15) is 0 Å². The molecule has 250 valence electrons. The van der Waals surface area contributed by atoms with Crippen LogP contribution in [0.15, 0.2) is 85.1 Å². The fraction of sp³-hybridized carbons (Fsp3) is 0.385. The van der Waals surface area contributed by atoms with E-state index in [1.54, 1.807) is 11.0 Å². The van der Waals surface area contributed by atoms with Gasteiger partial charge in [-0.1, -0.05) is 87.5 Å². The van der Waals surface area contributed by atoms with Crippen LogP contribution in [0.5, 0.6) is 0 Å². The number of nitrogens with zero attached hydrogens (tertiary/aromatic N) is 1. The maximum absolute atomic E-state index is 14.5. The van der Waals surface area contributed by atoms with E-state index in [1.807, 2.05) is 85.9 Å². The molecule has 0 radical (unpaired) electrons. The highest BCUT2D eigenvalue weighted by atomic mass is 16.2. The zero-order chi connectivity index (χ0) is 33.8. The van der Waals surface area contributed by atoms with E-state index in [9.17, 15) is 19.2 Å². The largest absolute Gasteiger partial charge is 0.361 e. The first-order chi connectivity index (χ1) is 23.2. The van der Waals surface area contributed by atoms with E-state index >= 15 is 0 Å². The molecule has 2 saturated heterocycles. The Morgan fingerprint density at radius 3 is 2.44 bits per heavy atom. The smallest absolute Gasteiger partial charge is 0.252 e. The standard InChI is InChI=1S/C39H45N5O4/c1-24(2)32-18-17-25(3)19-36(45)42-34(20-27-22-40-33-16-10-9-14-30(27)33)39(48)44-23-28(21-35(44)38(47)43-32)41-37(46)31-15-8-7-13-29(31)26-11-5-4-6-12-26/h4-16,22,24-25,28,32,34-35,40H,17-21,23H2,1-3H3,(H,41,46)(H,42,45)(H,43,47)/t25-,28-,32+,34-,35+/m1/s1. The molecule has 0 unspecified atom stereocenters. The number of benzene rings is 3. The summed E-state index contributed by atoms with van der Waals surface area (Å²) in [6.45, 7) is 6.33. The van der Waals surface area contributed by atoms with Crippen LogP contribution in [0, 0.1) is 11.8 Å². The minimum absolute atomic E-state index is 0.0888. The third-order valence-corrected chi connectivity index (χ3v) is 9.85. The van der Waals surface area contributed by atoms with Crippen molar-refractivity contribution in [2.45, 2.75) is 77.0 Å². The number of rotatable bonds is 6. The zero-order valence-corrected chi connectivity index (χ0v) is 27.9. The number of para-hydroxylation sites is 1. The molecule has 0 aliphatic carbocycles. The SMILES string of the molecule is CC(C)[C@@H]1CC[C@@H](C)CC(=O)N[C@H](Cc2c[nH]c3ccccc23)C(=O)N2C[C@H](NC(=O)c3ccccc3-c3ccccc3)C[C@H]2C(=O)N1. The molecule has 2 fully saturated rings. The summed E-state index contributed by atoms with van der Waals surface area (Å²) >= 11 is 0. The molecule has 4 amide bonds. The molecular weight excluding hydrogens is 602 g/mol. The first-order valence-corrected chi connectivity index (χ1v) is 17.1. The lowest BCUT2D eigenvalue weighted by Crippen LogP contribution is -2.55. The van der Waals surface area contributed by atoms with Crippen molar-refractivity contribution in [3.63, 3.8) is 0 Å². The van der Waals surface area contributed by atoms with E-state index in [-0.39, 0.29) is 60.9 Å². The van der Waals surface area contributed by atoms with Crippen LogP contribution < -0.4 is 16.0 Å². The maximum atomic E-state index is 14.5. The molecule has 9 nitrogen and oxygen atoms in total. The Morgan fingerprint density at radius 2 is 1.65 bits per heavy atom. The predicted octanol–water partition coefficient (Wildman–Crippen LogP) is 5.22. The van der Waals surface area contributed by atoms with Gasteiger partial charge in [0.05, 0.1) is 0 Å². The lowest BCUT2D eigenvalue weighted by molar-refractivity contribution is -0.141. The number of aromatic nitrogens is 1. The first-order valence-electron chi connectivity index (χ1n) is 17.1. The Labute approximate surface area is 281 Å². The lowest BCUT2D eigenvalue weighted by atomic mass is 9.92. The number of fused-ring (bicyclic) bond motifs is 2. The molecule has 6 rings (SSSR count). The minimum atomic E-state index is -0.880. The highest BCUT2D eigenvalue weighted by Gasteiger charge is 2.43. The van der Waals surface area contributed by atoms with Crippen molar-refractivity contribution in [2.24, 2.45) is 11.8 Å². The Balaban J connectivity index is 1.30. The fourth-order valence-electron chi connectivity index (χ4n) is 7.15. The molecule has 2 aliphatic heterocycles. The third kappa shape index (κ3) is 7.30. The monoisotopic (exact) mass is 647 g/mol. The molecule has 1 aromatic heterocycles. The van der Waals surface area contributed by atoms with Crippen LogP contribution in [0.25, 0.3) is 22.0 Å². The Kier molecular flexibility index (Phi) is 9.94. The van der Waals surface area contributed by atoms with Gasteiger partial charge in [0, 0.05) is 54.1 Å². The number of aromatic amines is 1. The summed E-state index contributed by atoms with van der Waals surface area (Å²) in [6, 6.07) is 22.8. The van der Waals surface area contributed by atoms with E-state index in [0.717, 1.165) is 40.4 Å². The molecular formula is C39H45N5O4. The fourth-order valence-corrected chi connectivity index (χ4v) is 7.15. The lowest BCUT2D eigenvalue weighted by Gasteiger charge is -2.30. The van der Waals surface area contributed by atoms with E-state index in [1.165, 1.54) is 0 Å². The van der Waals surface area contributed by atoms with Gasteiger partial charge in [0.1, 0.15) is 12.1 Å². The summed E-state index contributed by atoms with van der Waals surface area (Å²) in [7, 11) is 0. The summed E-state index contributed by atoms with van der Waals surface area (Å²) in [4.78, 5) is 60.6. The predicted molar refractivity (Wildman–Crippen MR) is 187 cm³/mol. The molecule has 0 saturated carbocycles. The summed E-state index contributed by atoms with van der Waals surface area (Å²) in [6.07, 6.45) is 4.21. The van der Waals surface area contributed by atoms with Crippen LogP contribution >= 0.6 is 0 Å². The van der Waals surface area contributed by atoms with Crippen LogP contribution in [0.4, 0.5) is 0 Å². The Bertz CT molecular complexity index is 1780. The molecule has 0 bridgehead atoms. The van der Waals surface area contributed by atoms with Crippen LogP contribution in [-0.4, -0.2) is 64.2 Å². The number of nitrogens with one attached hydrogen (secondary N) is 4. The van der Waals surface area contributed by atoms with Gasteiger partial charge in [-0.15, -0.1) is 0 Å². The van der Waals surface area contributed by atoms with Gasteiger partial charge in [0.2, 0.25) is 17.7 Å². The number of amides is 4. The number of carbonyl (C=O) groups excluding carboxylic acids is 4. The average molecular weight is 648 g/mol. The van der Waals surface area contributed by atoms with Crippen molar-refractivity contribution in [1.82, 2.24) is 25.8 Å². The topological polar surface area (TPSA) is 123 Å². The zero-order valence-electron chi connectivity index (χ0n) is 27.9. The summed E-state index contributed by atoms with van der Waals surface area (Å²) in [5.74, 6) is -0.745. The Hall–Kier alpha value is -4.92. The van der Waals surface area contributed by atoms with Crippen molar-refractivity contribution in [1.29, 1.82) is 0 Å². The van der Waals surface area contributed by atoms with Gasteiger partial charge in [0.25, 0.3) is 5.91 Å². The number of hydrogen-bond donors (Lipinski definition) is 4. The molecule has 0 spiro atoms. The quantitative estimate of drug-likeness (QED) is 0.229. The molecule has 4 aromatic rings. The van der Waals surface area contributed by atoms with Gasteiger partial charge >= 0.3 is 0 Å². The molecule has 3 aromatic carbocycles. The highest BCUT2D eigenvalue weighted by Crippen LogP contribution is 2.27. The summed E-state index contributed by atoms with van der Waals surface area (Å²) < 4.78 is 0. The van der Waals surface area contributed by atoms with E-state index in [0.29, 0.717) is 12.0 Å². The van der Waals surface area contributed by atoms with Gasteiger partial charge in [-0.05, 0) is 59.9 Å². The van der Waals surface area contributed by atoms with Crippen molar-refractivity contribution in [3.05, 3.63) is 96.2 Å². The van der Waals surface area contributed by atoms with Gasteiger partial charge in [-0.3, -0.25) is 19.2 Å².